The summed E-state index contributed by atoms with van der Waals surface area (Å²) in [6.07, 6.45) is 4.92. The van der Waals surface area contributed by atoms with E-state index in [-0.39, 0.29) is 0 Å². The minimum Gasteiger partial charge on any atom is -0.492 e. The van der Waals surface area contributed by atoms with Gasteiger partial charge in [-0.2, -0.15) is 0 Å². The predicted molar refractivity (Wildman–Crippen MR) is 101 cm³/mol. The van der Waals surface area contributed by atoms with E-state index in [1.54, 1.807) is 0 Å². The molecule has 1 saturated heterocycles. The quantitative estimate of drug-likeness (QED) is 0.748. The number of rotatable bonds is 6. The minimum atomic E-state index is 0.463. The first-order chi connectivity index (χ1) is 11.7. The molecule has 2 aromatic rings. The lowest BCUT2D eigenvalue weighted by Gasteiger charge is -2.37. The molecule has 0 spiro atoms. The van der Waals surface area contributed by atoms with E-state index in [2.05, 4.69) is 73.3 Å². The zero-order valence-electron chi connectivity index (χ0n) is 14.9. The summed E-state index contributed by atoms with van der Waals surface area (Å²) in [5.41, 5.74) is 2.59. The fourth-order valence-electron chi connectivity index (χ4n) is 3.69. The molecule has 1 heterocycles. The van der Waals surface area contributed by atoms with Gasteiger partial charge in [0.2, 0.25) is 0 Å². The molecule has 2 heteroatoms. The van der Waals surface area contributed by atoms with Crippen LogP contribution in [-0.4, -0.2) is 30.1 Å². The molecule has 3 rings (SSSR count). The number of nitrogens with zero attached hydrogens (tertiary/aromatic N) is 1. The van der Waals surface area contributed by atoms with E-state index in [1.165, 1.54) is 36.9 Å². The number of benzene rings is 2. The van der Waals surface area contributed by atoms with E-state index in [0.29, 0.717) is 12.1 Å². The van der Waals surface area contributed by atoms with Gasteiger partial charge in [0, 0.05) is 18.5 Å². The third-order valence-electron chi connectivity index (χ3n) is 5.11. The number of ether oxygens (including phenoxy) is 1. The van der Waals surface area contributed by atoms with Gasteiger partial charge in [-0.25, -0.2) is 0 Å². The first kappa shape index (κ1) is 17.0. The minimum absolute atomic E-state index is 0.463. The van der Waals surface area contributed by atoms with E-state index in [0.717, 1.165) is 18.8 Å². The molecule has 1 fully saturated rings. The molecule has 0 N–H and O–H groups in total. The molecule has 0 amide bonds. The summed E-state index contributed by atoms with van der Waals surface area (Å²) < 4.78 is 6.23. The Hall–Kier alpha value is -1.80. The molecule has 128 valence electrons. The van der Waals surface area contributed by atoms with Gasteiger partial charge < -0.3 is 4.74 Å². The lowest BCUT2D eigenvalue weighted by atomic mass is 10.0. The fourth-order valence-corrected chi connectivity index (χ4v) is 3.69. The average molecular weight is 323 g/mol. The maximum atomic E-state index is 6.23. The molecule has 0 aromatic heterocycles. The second-order valence-corrected chi connectivity index (χ2v) is 7.01. The fraction of sp³-hybridized carbons (Fsp3) is 0.455. The number of hydrogen-bond acceptors (Lipinski definition) is 2. The molecule has 0 bridgehead atoms. The number of piperidine rings is 1. The van der Waals surface area contributed by atoms with Crippen LogP contribution in [0.1, 0.15) is 44.2 Å². The summed E-state index contributed by atoms with van der Waals surface area (Å²) >= 11 is 0. The van der Waals surface area contributed by atoms with E-state index >= 15 is 0 Å². The maximum Gasteiger partial charge on any atom is 0.122 e. The van der Waals surface area contributed by atoms with Gasteiger partial charge in [0.05, 0.1) is 0 Å². The van der Waals surface area contributed by atoms with Gasteiger partial charge in [0.15, 0.2) is 0 Å². The van der Waals surface area contributed by atoms with Gasteiger partial charge in [0.25, 0.3) is 0 Å². The highest BCUT2D eigenvalue weighted by Crippen LogP contribution is 2.23. The summed E-state index contributed by atoms with van der Waals surface area (Å²) in [7, 11) is 0. The molecule has 24 heavy (non-hydrogen) atoms. The molecule has 1 aliphatic heterocycles. The highest BCUT2D eigenvalue weighted by Gasteiger charge is 2.23. The molecular weight excluding hydrogens is 294 g/mol. The van der Waals surface area contributed by atoms with Crippen LogP contribution in [0.3, 0.4) is 0 Å². The average Bonchev–Trinajstić information content (AvgIpc) is 2.62. The van der Waals surface area contributed by atoms with Crippen LogP contribution in [0, 0.1) is 0 Å². The number of likely N-dealkylation sites (tertiary alicyclic amines) is 1. The van der Waals surface area contributed by atoms with Crippen molar-refractivity contribution in [1.29, 1.82) is 0 Å². The Morgan fingerprint density at radius 2 is 1.79 bits per heavy atom. The van der Waals surface area contributed by atoms with Crippen LogP contribution in [0.25, 0.3) is 0 Å². The highest BCUT2D eigenvalue weighted by molar-refractivity contribution is 5.37. The number of hydrogen-bond donors (Lipinski definition) is 0. The summed E-state index contributed by atoms with van der Waals surface area (Å²) in [4.78, 5) is 2.60. The van der Waals surface area contributed by atoms with Crippen molar-refractivity contribution in [3.8, 4) is 5.75 Å². The Bertz CT molecular complexity index is 625. The molecule has 2 aromatic carbocycles. The monoisotopic (exact) mass is 323 g/mol. The van der Waals surface area contributed by atoms with Crippen molar-refractivity contribution in [3.05, 3.63) is 65.7 Å². The summed E-state index contributed by atoms with van der Waals surface area (Å²) in [5, 5.41) is 0. The zero-order chi connectivity index (χ0) is 16.8. The standard InChI is InChI=1S/C22H29NO/c1-18-10-8-9-15-23(18)19(2)17-24-22-14-7-6-13-21(22)16-20-11-4-3-5-12-20/h3-7,11-14,18-19H,8-10,15-17H2,1-2H3/t18-,19+/m0/s1. The van der Waals surface area contributed by atoms with Crippen molar-refractivity contribution in [1.82, 2.24) is 4.90 Å². The lowest BCUT2D eigenvalue weighted by molar-refractivity contribution is 0.0814. The summed E-state index contributed by atoms with van der Waals surface area (Å²) in [6, 6.07) is 20.2. The summed E-state index contributed by atoms with van der Waals surface area (Å²) in [5.74, 6) is 1.03. The van der Waals surface area contributed by atoms with Crippen LogP contribution in [0.2, 0.25) is 0 Å². The van der Waals surface area contributed by atoms with Gasteiger partial charge in [-0.3, -0.25) is 4.90 Å². The Morgan fingerprint density at radius 3 is 2.58 bits per heavy atom. The normalized spacial score (nSPS) is 19.8. The van der Waals surface area contributed by atoms with Crippen LogP contribution in [0.4, 0.5) is 0 Å². The Balaban J connectivity index is 1.63. The Kier molecular flexibility index (Phi) is 5.92. The van der Waals surface area contributed by atoms with E-state index in [4.69, 9.17) is 4.74 Å². The van der Waals surface area contributed by atoms with Crippen molar-refractivity contribution in [3.63, 3.8) is 0 Å². The largest absolute Gasteiger partial charge is 0.492 e. The zero-order valence-corrected chi connectivity index (χ0v) is 14.9. The second kappa shape index (κ2) is 8.34. The van der Waals surface area contributed by atoms with Crippen molar-refractivity contribution >= 4 is 0 Å². The van der Waals surface area contributed by atoms with Crippen molar-refractivity contribution < 1.29 is 4.74 Å². The Labute approximate surface area is 146 Å². The number of para-hydroxylation sites is 1. The smallest absolute Gasteiger partial charge is 0.122 e. The SMILES string of the molecule is C[C@H](COc1ccccc1Cc1ccccc1)N1CCCC[C@@H]1C. The van der Waals surface area contributed by atoms with E-state index in [1.807, 2.05) is 0 Å². The first-order valence-corrected chi connectivity index (χ1v) is 9.24. The molecule has 2 atom stereocenters. The molecule has 0 radical (unpaired) electrons. The molecule has 1 aliphatic rings. The third kappa shape index (κ3) is 4.39. The van der Waals surface area contributed by atoms with Crippen molar-refractivity contribution in [2.75, 3.05) is 13.2 Å². The van der Waals surface area contributed by atoms with Crippen molar-refractivity contribution in [2.45, 2.75) is 51.6 Å². The van der Waals surface area contributed by atoms with Gasteiger partial charge in [0.1, 0.15) is 12.4 Å². The van der Waals surface area contributed by atoms with E-state index < -0.39 is 0 Å². The topological polar surface area (TPSA) is 12.5 Å². The third-order valence-corrected chi connectivity index (χ3v) is 5.11. The van der Waals surface area contributed by atoms with Crippen LogP contribution in [0.15, 0.2) is 54.6 Å². The Morgan fingerprint density at radius 1 is 1.04 bits per heavy atom. The molecule has 0 unspecified atom stereocenters. The van der Waals surface area contributed by atoms with Crippen molar-refractivity contribution in [2.24, 2.45) is 0 Å². The van der Waals surface area contributed by atoms with Crippen LogP contribution >= 0.6 is 0 Å². The van der Waals surface area contributed by atoms with E-state index in [9.17, 15) is 0 Å². The highest BCUT2D eigenvalue weighted by atomic mass is 16.5. The van der Waals surface area contributed by atoms with Gasteiger partial charge in [-0.1, -0.05) is 55.0 Å². The maximum absolute atomic E-state index is 6.23. The van der Waals surface area contributed by atoms with Gasteiger partial charge in [-0.05, 0) is 50.4 Å². The first-order valence-electron chi connectivity index (χ1n) is 9.24. The van der Waals surface area contributed by atoms with Crippen LogP contribution in [0.5, 0.6) is 5.75 Å². The van der Waals surface area contributed by atoms with Crippen LogP contribution in [-0.2, 0) is 6.42 Å². The van der Waals surface area contributed by atoms with Crippen LogP contribution < -0.4 is 4.74 Å². The van der Waals surface area contributed by atoms with Gasteiger partial charge >= 0.3 is 0 Å². The van der Waals surface area contributed by atoms with Gasteiger partial charge in [-0.15, -0.1) is 0 Å². The lowest BCUT2D eigenvalue weighted by Crippen LogP contribution is -2.46. The molecule has 0 aliphatic carbocycles. The second-order valence-electron chi connectivity index (χ2n) is 7.01. The predicted octanol–water partition coefficient (Wildman–Crippen LogP) is 4.92. The summed E-state index contributed by atoms with van der Waals surface area (Å²) in [6.45, 7) is 6.61. The molecule has 2 nitrogen and oxygen atoms in total. The molecular formula is C22H29NO. The molecule has 0 saturated carbocycles.